The van der Waals surface area contributed by atoms with Gasteiger partial charge in [-0.25, -0.2) is 0 Å². The van der Waals surface area contributed by atoms with Gasteiger partial charge in [0.25, 0.3) is 0 Å². The van der Waals surface area contributed by atoms with Crippen molar-refractivity contribution in [2.45, 2.75) is 51.1 Å². The first-order chi connectivity index (χ1) is 9.86. The lowest BCUT2D eigenvalue weighted by molar-refractivity contribution is 0.458. The second-order valence-electron chi connectivity index (χ2n) is 5.36. The van der Waals surface area contributed by atoms with Gasteiger partial charge in [-0.05, 0) is 37.0 Å². The molecule has 3 rings (SSSR count). The van der Waals surface area contributed by atoms with Crippen molar-refractivity contribution in [2.24, 2.45) is 0 Å². The number of hydrogen-bond donors (Lipinski definition) is 1. The molecule has 0 radical (unpaired) electrons. The van der Waals surface area contributed by atoms with Gasteiger partial charge in [0.1, 0.15) is 0 Å². The number of rotatable bonds is 6. The van der Waals surface area contributed by atoms with E-state index in [1.54, 1.807) is 0 Å². The highest BCUT2D eigenvalue weighted by Crippen LogP contribution is 2.29. The molecule has 2 heterocycles. The molecule has 1 fully saturated rings. The normalized spacial score (nSPS) is 17.6. The van der Waals surface area contributed by atoms with E-state index in [2.05, 4.69) is 38.8 Å². The average Bonchev–Trinajstić information content (AvgIpc) is 3.20. The minimum Gasteiger partial charge on any atom is -0.309 e. The van der Waals surface area contributed by atoms with Crippen LogP contribution >= 0.6 is 11.5 Å². The lowest BCUT2D eigenvalue weighted by atomic mass is 10.1. The Labute approximate surface area is 123 Å². The maximum atomic E-state index is 4.76. The van der Waals surface area contributed by atoms with Crippen LogP contribution in [-0.2, 0) is 6.42 Å². The summed E-state index contributed by atoms with van der Waals surface area (Å²) in [5.74, 6) is 0. The Morgan fingerprint density at radius 1 is 1.45 bits per heavy atom. The van der Waals surface area contributed by atoms with E-state index in [0.717, 1.165) is 18.7 Å². The van der Waals surface area contributed by atoms with Gasteiger partial charge in [0.05, 0.1) is 28.9 Å². The van der Waals surface area contributed by atoms with Crippen molar-refractivity contribution in [1.29, 1.82) is 0 Å². The summed E-state index contributed by atoms with van der Waals surface area (Å²) >= 11 is 1.46. The highest BCUT2D eigenvalue weighted by Gasteiger charge is 2.19. The molecule has 1 unspecified atom stereocenters. The van der Waals surface area contributed by atoms with Gasteiger partial charge in [0, 0.05) is 12.6 Å². The highest BCUT2D eigenvalue weighted by atomic mass is 32.1. The molecule has 0 spiro atoms. The number of likely N-dealkylation sites (N-methyl/N-ethyl adjacent to an activating group) is 1. The smallest absolute Gasteiger partial charge is 0.0669 e. The molecular formula is C14H21N5S. The number of aromatic nitrogens is 4. The van der Waals surface area contributed by atoms with Gasteiger partial charge >= 0.3 is 0 Å². The van der Waals surface area contributed by atoms with Crippen molar-refractivity contribution in [3.63, 3.8) is 0 Å². The topological polar surface area (TPSA) is 55.6 Å². The third-order valence-electron chi connectivity index (χ3n) is 3.95. The van der Waals surface area contributed by atoms with E-state index < -0.39 is 0 Å². The van der Waals surface area contributed by atoms with Crippen LogP contribution in [0.1, 0.15) is 55.3 Å². The number of nitrogens with one attached hydrogen (secondary N) is 1. The molecule has 1 atom stereocenters. The maximum absolute atomic E-state index is 4.76. The van der Waals surface area contributed by atoms with Crippen LogP contribution in [0.25, 0.3) is 0 Å². The van der Waals surface area contributed by atoms with Crippen LogP contribution in [-0.4, -0.2) is 25.9 Å². The summed E-state index contributed by atoms with van der Waals surface area (Å²) in [6, 6.07) is 3.04. The first kappa shape index (κ1) is 13.7. The van der Waals surface area contributed by atoms with Crippen molar-refractivity contribution in [2.75, 3.05) is 6.54 Å². The third-order valence-corrected chi connectivity index (χ3v) is 4.72. The molecule has 108 valence electrons. The first-order valence-electron chi connectivity index (χ1n) is 7.41. The summed E-state index contributed by atoms with van der Waals surface area (Å²) in [6.07, 6.45) is 10.1. The molecule has 1 aliphatic carbocycles. The summed E-state index contributed by atoms with van der Waals surface area (Å²) in [4.78, 5) is 1.18. The monoisotopic (exact) mass is 291 g/mol. The van der Waals surface area contributed by atoms with Gasteiger partial charge < -0.3 is 5.32 Å². The van der Waals surface area contributed by atoms with Gasteiger partial charge in [-0.2, -0.15) is 5.10 Å². The van der Waals surface area contributed by atoms with E-state index in [9.17, 15) is 0 Å². The van der Waals surface area contributed by atoms with Crippen molar-refractivity contribution in [3.05, 3.63) is 29.0 Å². The van der Waals surface area contributed by atoms with E-state index in [1.165, 1.54) is 42.1 Å². The van der Waals surface area contributed by atoms with Crippen LogP contribution in [0.2, 0.25) is 0 Å². The lowest BCUT2D eigenvalue weighted by Gasteiger charge is -2.14. The SMILES string of the molecule is CCNC(Cc1ccn(C2CCCC2)n1)c1cnns1. The molecule has 2 aromatic heterocycles. The molecule has 5 nitrogen and oxygen atoms in total. The highest BCUT2D eigenvalue weighted by molar-refractivity contribution is 7.05. The van der Waals surface area contributed by atoms with Crippen molar-refractivity contribution in [1.82, 2.24) is 24.7 Å². The predicted molar refractivity (Wildman–Crippen MR) is 79.8 cm³/mol. The van der Waals surface area contributed by atoms with Gasteiger partial charge in [-0.15, -0.1) is 5.10 Å². The van der Waals surface area contributed by atoms with E-state index in [1.807, 2.05) is 6.20 Å². The minimum atomic E-state index is 0.270. The molecule has 20 heavy (non-hydrogen) atoms. The Bertz CT molecular complexity index is 515. The van der Waals surface area contributed by atoms with Crippen LogP contribution in [0.15, 0.2) is 18.5 Å². The Kier molecular flexibility index (Phi) is 4.42. The fourth-order valence-corrected chi connectivity index (χ4v) is 3.49. The van der Waals surface area contributed by atoms with Crippen molar-refractivity contribution in [3.8, 4) is 0 Å². The molecular weight excluding hydrogens is 270 g/mol. The summed E-state index contributed by atoms with van der Waals surface area (Å²) < 4.78 is 6.12. The molecule has 0 aromatic carbocycles. The summed E-state index contributed by atoms with van der Waals surface area (Å²) in [5.41, 5.74) is 1.15. The Morgan fingerprint density at radius 2 is 2.30 bits per heavy atom. The van der Waals surface area contributed by atoms with Gasteiger partial charge in [0.2, 0.25) is 0 Å². The van der Waals surface area contributed by atoms with E-state index >= 15 is 0 Å². The predicted octanol–water partition coefficient (Wildman–Crippen LogP) is 2.74. The van der Waals surface area contributed by atoms with Crippen LogP contribution < -0.4 is 5.32 Å². The molecule has 0 saturated heterocycles. The summed E-state index contributed by atoms with van der Waals surface area (Å²) in [7, 11) is 0. The molecule has 2 aromatic rings. The van der Waals surface area contributed by atoms with Crippen LogP contribution in [0.4, 0.5) is 0 Å². The Hall–Kier alpha value is -1.27. The van der Waals surface area contributed by atoms with Crippen LogP contribution in [0.3, 0.4) is 0 Å². The van der Waals surface area contributed by atoms with E-state index in [4.69, 9.17) is 5.10 Å². The van der Waals surface area contributed by atoms with Crippen molar-refractivity contribution >= 4 is 11.5 Å². The minimum absolute atomic E-state index is 0.270. The van der Waals surface area contributed by atoms with Crippen LogP contribution in [0.5, 0.6) is 0 Å². The first-order valence-corrected chi connectivity index (χ1v) is 8.19. The quantitative estimate of drug-likeness (QED) is 0.889. The molecule has 0 aliphatic heterocycles. The number of hydrogen-bond acceptors (Lipinski definition) is 5. The zero-order valence-corrected chi connectivity index (χ0v) is 12.6. The Morgan fingerprint density at radius 3 is 3.00 bits per heavy atom. The molecule has 1 N–H and O–H groups in total. The van der Waals surface area contributed by atoms with Gasteiger partial charge in [-0.1, -0.05) is 24.3 Å². The third kappa shape index (κ3) is 3.07. The lowest BCUT2D eigenvalue weighted by Crippen LogP contribution is -2.22. The Balaban J connectivity index is 1.69. The van der Waals surface area contributed by atoms with Gasteiger partial charge in [-0.3, -0.25) is 4.68 Å². The fraction of sp³-hybridized carbons (Fsp3) is 0.643. The maximum Gasteiger partial charge on any atom is 0.0669 e. The molecule has 1 aliphatic rings. The average molecular weight is 291 g/mol. The summed E-state index contributed by atoms with van der Waals surface area (Å²) in [6.45, 7) is 3.06. The summed E-state index contributed by atoms with van der Waals surface area (Å²) in [5, 5.41) is 12.2. The van der Waals surface area contributed by atoms with E-state index in [0.29, 0.717) is 6.04 Å². The molecule has 1 saturated carbocycles. The zero-order valence-electron chi connectivity index (χ0n) is 11.8. The largest absolute Gasteiger partial charge is 0.309 e. The molecule has 6 heteroatoms. The zero-order chi connectivity index (χ0) is 13.8. The second-order valence-corrected chi connectivity index (χ2v) is 6.18. The van der Waals surface area contributed by atoms with E-state index in [-0.39, 0.29) is 6.04 Å². The van der Waals surface area contributed by atoms with Crippen molar-refractivity contribution < 1.29 is 0 Å². The fourth-order valence-electron chi connectivity index (χ4n) is 2.92. The van der Waals surface area contributed by atoms with Crippen LogP contribution in [0, 0.1) is 0 Å². The second kappa shape index (κ2) is 6.45. The number of nitrogens with zero attached hydrogens (tertiary/aromatic N) is 4. The molecule has 0 bridgehead atoms. The van der Waals surface area contributed by atoms with Gasteiger partial charge in [0.15, 0.2) is 0 Å². The molecule has 0 amide bonds. The standard InChI is InChI=1S/C14H21N5S/c1-2-15-13(14-10-16-18-20-14)9-11-7-8-19(17-11)12-5-3-4-6-12/h7-8,10,12-13,15H,2-6,9H2,1H3.